The Bertz CT molecular complexity index is 365. The molecule has 0 saturated carbocycles. The van der Waals surface area contributed by atoms with E-state index < -0.39 is 0 Å². The minimum atomic E-state index is 0.244. The molecular formula is C11H19N5. The molecule has 4 N–H and O–H groups in total. The quantitative estimate of drug-likeness (QED) is 0.774. The summed E-state index contributed by atoms with van der Waals surface area (Å²) in [7, 11) is 0. The Morgan fingerprint density at radius 1 is 1.50 bits per heavy atom. The first-order valence-electron chi connectivity index (χ1n) is 5.74. The van der Waals surface area contributed by atoms with Crippen molar-refractivity contribution in [2.45, 2.75) is 26.3 Å². The van der Waals surface area contributed by atoms with Crippen LogP contribution >= 0.6 is 0 Å². The molecule has 1 atom stereocenters. The summed E-state index contributed by atoms with van der Waals surface area (Å²) in [6.45, 7) is 5.38. The first kappa shape index (κ1) is 11.1. The van der Waals surface area contributed by atoms with Crippen molar-refractivity contribution in [1.29, 1.82) is 0 Å². The minimum absolute atomic E-state index is 0.244. The smallest absolute Gasteiger partial charge is 0.221 e. The molecule has 88 valence electrons. The molecule has 0 aromatic carbocycles. The molecule has 1 fully saturated rings. The van der Waals surface area contributed by atoms with Gasteiger partial charge in [-0.25, -0.2) is 4.98 Å². The van der Waals surface area contributed by atoms with Gasteiger partial charge in [0.25, 0.3) is 0 Å². The van der Waals surface area contributed by atoms with Crippen LogP contribution in [0, 0.1) is 5.92 Å². The molecule has 0 radical (unpaired) electrons. The SMILES string of the molecule is CC1CCCN(Cc2cnc(N)nc2N)C1. The summed E-state index contributed by atoms with van der Waals surface area (Å²) >= 11 is 0. The van der Waals surface area contributed by atoms with Crippen LogP contribution in [0.5, 0.6) is 0 Å². The minimum Gasteiger partial charge on any atom is -0.383 e. The van der Waals surface area contributed by atoms with Crippen molar-refractivity contribution >= 4 is 11.8 Å². The van der Waals surface area contributed by atoms with E-state index in [9.17, 15) is 0 Å². The third-order valence-electron chi connectivity index (χ3n) is 3.05. The number of likely N-dealkylation sites (tertiary alicyclic amines) is 1. The lowest BCUT2D eigenvalue weighted by Gasteiger charge is -2.30. The summed E-state index contributed by atoms with van der Waals surface area (Å²) in [5.41, 5.74) is 12.3. The van der Waals surface area contributed by atoms with Crippen LogP contribution in [0.25, 0.3) is 0 Å². The number of hydrogen-bond donors (Lipinski definition) is 2. The second kappa shape index (κ2) is 4.65. The maximum Gasteiger partial charge on any atom is 0.221 e. The van der Waals surface area contributed by atoms with E-state index in [0.717, 1.165) is 31.1 Å². The second-order valence-electron chi connectivity index (χ2n) is 4.62. The molecule has 1 aliphatic heterocycles. The van der Waals surface area contributed by atoms with Gasteiger partial charge >= 0.3 is 0 Å². The Labute approximate surface area is 95.9 Å². The molecule has 2 heterocycles. The summed E-state index contributed by atoms with van der Waals surface area (Å²) in [5.74, 6) is 1.52. The number of nitrogen functional groups attached to an aromatic ring is 2. The molecule has 2 rings (SSSR count). The Kier molecular flexibility index (Phi) is 3.24. The van der Waals surface area contributed by atoms with Gasteiger partial charge in [-0.2, -0.15) is 4.98 Å². The van der Waals surface area contributed by atoms with E-state index in [-0.39, 0.29) is 5.95 Å². The lowest BCUT2D eigenvalue weighted by Crippen LogP contribution is -2.34. The van der Waals surface area contributed by atoms with Crippen LogP contribution in [0.2, 0.25) is 0 Å². The number of hydrogen-bond acceptors (Lipinski definition) is 5. The number of piperidine rings is 1. The Hall–Kier alpha value is -1.36. The molecule has 1 aromatic rings. The zero-order chi connectivity index (χ0) is 11.5. The van der Waals surface area contributed by atoms with Crippen LogP contribution in [0.4, 0.5) is 11.8 Å². The van der Waals surface area contributed by atoms with E-state index in [2.05, 4.69) is 21.8 Å². The lowest BCUT2D eigenvalue weighted by atomic mass is 10.00. The van der Waals surface area contributed by atoms with Gasteiger partial charge in [0.05, 0.1) is 0 Å². The zero-order valence-corrected chi connectivity index (χ0v) is 9.69. The van der Waals surface area contributed by atoms with Crippen molar-refractivity contribution in [3.63, 3.8) is 0 Å². The van der Waals surface area contributed by atoms with E-state index in [1.165, 1.54) is 12.8 Å². The van der Waals surface area contributed by atoms with Crippen molar-refractivity contribution in [3.8, 4) is 0 Å². The van der Waals surface area contributed by atoms with Gasteiger partial charge in [-0.3, -0.25) is 4.90 Å². The number of rotatable bonds is 2. The van der Waals surface area contributed by atoms with Gasteiger partial charge < -0.3 is 11.5 Å². The summed E-state index contributed by atoms with van der Waals surface area (Å²) in [6, 6.07) is 0. The highest BCUT2D eigenvalue weighted by molar-refractivity contribution is 5.41. The van der Waals surface area contributed by atoms with E-state index >= 15 is 0 Å². The molecular weight excluding hydrogens is 202 g/mol. The molecule has 0 aliphatic carbocycles. The molecule has 1 aromatic heterocycles. The van der Waals surface area contributed by atoms with Crippen LogP contribution in [-0.2, 0) is 6.54 Å². The molecule has 1 saturated heterocycles. The van der Waals surface area contributed by atoms with Gasteiger partial charge in [0.1, 0.15) is 5.82 Å². The molecule has 0 amide bonds. The van der Waals surface area contributed by atoms with E-state index in [1.54, 1.807) is 6.20 Å². The number of nitrogens with two attached hydrogens (primary N) is 2. The molecule has 0 bridgehead atoms. The highest BCUT2D eigenvalue weighted by Gasteiger charge is 2.17. The van der Waals surface area contributed by atoms with Gasteiger partial charge in [-0.15, -0.1) is 0 Å². The van der Waals surface area contributed by atoms with Gasteiger partial charge in [0, 0.05) is 24.8 Å². The summed E-state index contributed by atoms with van der Waals surface area (Å²) < 4.78 is 0. The fourth-order valence-electron chi connectivity index (χ4n) is 2.23. The van der Waals surface area contributed by atoms with Crippen LogP contribution in [0.15, 0.2) is 6.20 Å². The maximum absolute atomic E-state index is 5.82. The highest BCUT2D eigenvalue weighted by Crippen LogP contribution is 2.19. The normalized spacial score (nSPS) is 22.2. The van der Waals surface area contributed by atoms with Crippen LogP contribution in [0.3, 0.4) is 0 Å². The average Bonchev–Trinajstić information content (AvgIpc) is 2.22. The first-order chi connectivity index (χ1) is 7.65. The third-order valence-corrected chi connectivity index (χ3v) is 3.05. The van der Waals surface area contributed by atoms with Crippen molar-refractivity contribution in [2.75, 3.05) is 24.6 Å². The predicted octanol–water partition coefficient (Wildman–Crippen LogP) is 0.873. The summed E-state index contributed by atoms with van der Waals surface area (Å²) in [4.78, 5) is 10.4. The maximum atomic E-state index is 5.82. The fraction of sp³-hybridized carbons (Fsp3) is 0.636. The van der Waals surface area contributed by atoms with Crippen LogP contribution < -0.4 is 11.5 Å². The Balaban J connectivity index is 2.02. The lowest BCUT2D eigenvalue weighted by molar-refractivity contribution is 0.176. The summed E-state index contributed by atoms with van der Waals surface area (Å²) in [5, 5.41) is 0. The number of nitrogens with zero attached hydrogens (tertiary/aromatic N) is 3. The van der Waals surface area contributed by atoms with E-state index in [1.807, 2.05) is 0 Å². The predicted molar refractivity (Wildman–Crippen MR) is 64.5 cm³/mol. The monoisotopic (exact) mass is 221 g/mol. The van der Waals surface area contributed by atoms with Crippen molar-refractivity contribution in [1.82, 2.24) is 14.9 Å². The van der Waals surface area contributed by atoms with E-state index in [4.69, 9.17) is 11.5 Å². The zero-order valence-electron chi connectivity index (χ0n) is 9.69. The molecule has 1 unspecified atom stereocenters. The average molecular weight is 221 g/mol. The first-order valence-corrected chi connectivity index (χ1v) is 5.74. The van der Waals surface area contributed by atoms with Crippen LogP contribution in [0.1, 0.15) is 25.3 Å². The molecule has 0 spiro atoms. The van der Waals surface area contributed by atoms with Crippen molar-refractivity contribution < 1.29 is 0 Å². The largest absolute Gasteiger partial charge is 0.383 e. The van der Waals surface area contributed by atoms with E-state index in [0.29, 0.717) is 5.82 Å². The third kappa shape index (κ3) is 2.61. The van der Waals surface area contributed by atoms with Gasteiger partial charge in [-0.1, -0.05) is 6.92 Å². The van der Waals surface area contributed by atoms with Gasteiger partial charge in [-0.05, 0) is 25.3 Å². The van der Waals surface area contributed by atoms with Crippen molar-refractivity contribution in [3.05, 3.63) is 11.8 Å². The Morgan fingerprint density at radius 2 is 2.31 bits per heavy atom. The summed E-state index contributed by atoms with van der Waals surface area (Å²) in [6.07, 6.45) is 4.32. The number of aromatic nitrogens is 2. The fourth-order valence-corrected chi connectivity index (χ4v) is 2.23. The number of anilines is 2. The van der Waals surface area contributed by atoms with Gasteiger partial charge in [0.2, 0.25) is 5.95 Å². The van der Waals surface area contributed by atoms with Gasteiger partial charge in [0.15, 0.2) is 0 Å². The Morgan fingerprint density at radius 3 is 3.00 bits per heavy atom. The molecule has 1 aliphatic rings. The molecule has 5 heteroatoms. The standard InChI is InChI=1S/C11H19N5/c1-8-3-2-4-16(6-8)7-9-5-14-11(13)15-10(9)12/h5,8H,2-4,6-7H2,1H3,(H4,12,13,14,15). The molecule has 5 nitrogen and oxygen atoms in total. The second-order valence-corrected chi connectivity index (χ2v) is 4.62. The van der Waals surface area contributed by atoms with Crippen LogP contribution in [-0.4, -0.2) is 28.0 Å². The van der Waals surface area contributed by atoms with Crippen molar-refractivity contribution in [2.24, 2.45) is 5.92 Å². The molecule has 16 heavy (non-hydrogen) atoms. The topological polar surface area (TPSA) is 81.1 Å². The highest BCUT2D eigenvalue weighted by atomic mass is 15.1.